The normalized spacial score (nSPS) is 11.2. The molecule has 2 N–H and O–H groups in total. The molecule has 0 fully saturated rings. The number of nitrogens with one attached hydrogen (secondary N) is 2. The zero-order valence-corrected chi connectivity index (χ0v) is 13.9. The number of rotatable bonds is 5. The van der Waals surface area contributed by atoms with E-state index in [0.717, 1.165) is 17.7 Å². The molecule has 0 bridgehead atoms. The van der Waals surface area contributed by atoms with Crippen LogP contribution in [0.3, 0.4) is 0 Å². The lowest BCUT2D eigenvalue weighted by atomic mass is 10.2. The lowest BCUT2D eigenvalue weighted by molar-refractivity contribution is -0.137. The van der Waals surface area contributed by atoms with Gasteiger partial charge in [-0.3, -0.25) is 4.98 Å². The van der Waals surface area contributed by atoms with Crippen molar-refractivity contribution in [1.29, 1.82) is 0 Å². The number of pyridine rings is 1. The first-order chi connectivity index (χ1) is 12.4. The van der Waals surface area contributed by atoms with Gasteiger partial charge in [0.05, 0.1) is 5.56 Å². The molecule has 0 aliphatic rings. The topological polar surface area (TPSA) is 62.7 Å². The van der Waals surface area contributed by atoms with Crippen molar-refractivity contribution in [2.24, 2.45) is 0 Å². The highest BCUT2D eigenvalue weighted by Gasteiger charge is 2.29. The molecule has 3 rings (SSSR count). The second kappa shape index (κ2) is 7.38. The Morgan fingerprint density at radius 3 is 2.23 bits per heavy atom. The van der Waals surface area contributed by atoms with E-state index in [-0.39, 0.29) is 0 Å². The highest BCUT2D eigenvalue weighted by molar-refractivity contribution is 5.59. The first-order valence-corrected chi connectivity index (χ1v) is 7.83. The molecule has 0 unspecified atom stereocenters. The van der Waals surface area contributed by atoms with Gasteiger partial charge in [-0.05, 0) is 48.9 Å². The summed E-state index contributed by atoms with van der Waals surface area (Å²) in [6.07, 6.45) is -0.937. The molecule has 3 aromatic rings. The third-order valence-electron chi connectivity index (χ3n) is 3.55. The molecule has 0 atom stereocenters. The summed E-state index contributed by atoms with van der Waals surface area (Å²) < 4.78 is 37.9. The van der Waals surface area contributed by atoms with Crippen molar-refractivity contribution in [3.8, 4) is 0 Å². The lowest BCUT2D eigenvalue weighted by Gasteiger charge is -2.11. The van der Waals surface area contributed by atoms with Crippen LogP contribution < -0.4 is 10.6 Å². The van der Waals surface area contributed by atoms with Gasteiger partial charge >= 0.3 is 6.18 Å². The lowest BCUT2D eigenvalue weighted by Crippen LogP contribution is -2.06. The van der Waals surface area contributed by atoms with Gasteiger partial charge in [-0.25, -0.2) is 9.97 Å². The van der Waals surface area contributed by atoms with Crippen LogP contribution in [0.5, 0.6) is 0 Å². The number of halogens is 3. The number of alkyl halides is 3. The molecule has 1 aromatic carbocycles. The smallest absolute Gasteiger partial charge is 0.366 e. The molecule has 0 aliphatic carbocycles. The van der Waals surface area contributed by atoms with E-state index in [0.29, 0.717) is 29.7 Å². The molecule has 0 radical (unpaired) electrons. The summed E-state index contributed by atoms with van der Waals surface area (Å²) in [5, 5.41) is 6.18. The first kappa shape index (κ1) is 17.7. The van der Waals surface area contributed by atoms with Gasteiger partial charge < -0.3 is 10.6 Å². The van der Waals surface area contributed by atoms with Crippen LogP contribution in [0.2, 0.25) is 0 Å². The summed E-state index contributed by atoms with van der Waals surface area (Å²) in [5.74, 6) is 1.65. The molecule has 2 heterocycles. The number of aromatic nitrogens is 3. The predicted octanol–water partition coefficient (Wildman–Crippen LogP) is 4.55. The van der Waals surface area contributed by atoms with Crippen molar-refractivity contribution < 1.29 is 13.2 Å². The van der Waals surface area contributed by atoms with Crippen molar-refractivity contribution in [3.05, 3.63) is 71.8 Å². The minimum Gasteiger partial charge on any atom is -0.366 e. The SMILES string of the molecule is Cc1nc(NCc2ccncc2)cc(Nc2ccc(C(F)(F)F)cc2)n1. The Bertz CT molecular complexity index is 864. The molecule has 0 saturated carbocycles. The quantitative estimate of drug-likeness (QED) is 0.699. The van der Waals surface area contributed by atoms with Gasteiger partial charge in [0, 0.05) is 30.7 Å². The van der Waals surface area contributed by atoms with E-state index in [4.69, 9.17) is 0 Å². The zero-order chi connectivity index (χ0) is 18.6. The number of benzene rings is 1. The Morgan fingerprint density at radius 1 is 0.923 bits per heavy atom. The highest BCUT2D eigenvalue weighted by Crippen LogP contribution is 2.30. The number of nitrogens with zero attached hydrogens (tertiary/aromatic N) is 3. The van der Waals surface area contributed by atoms with Gasteiger partial charge in [-0.1, -0.05) is 0 Å². The average Bonchev–Trinajstić information content (AvgIpc) is 2.60. The van der Waals surface area contributed by atoms with E-state index in [1.54, 1.807) is 25.4 Å². The molecule has 0 aliphatic heterocycles. The molecule has 0 amide bonds. The maximum absolute atomic E-state index is 12.6. The van der Waals surface area contributed by atoms with Gasteiger partial charge in [0.25, 0.3) is 0 Å². The minimum atomic E-state index is -4.35. The Morgan fingerprint density at radius 2 is 1.58 bits per heavy atom. The van der Waals surface area contributed by atoms with E-state index >= 15 is 0 Å². The zero-order valence-electron chi connectivity index (χ0n) is 13.9. The average molecular weight is 359 g/mol. The highest BCUT2D eigenvalue weighted by atomic mass is 19.4. The summed E-state index contributed by atoms with van der Waals surface area (Å²) in [6.45, 7) is 2.31. The van der Waals surface area contributed by atoms with E-state index in [1.807, 2.05) is 12.1 Å². The van der Waals surface area contributed by atoms with E-state index in [9.17, 15) is 13.2 Å². The molecule has 0 spiro atoms. The molecule has 5 nitrogen and oxygen atoms in total. The van der Waals surface area contributed by atoms with Crippen molar-refractivity contribution >= 4 is 17.3 Å². The van der Waals surface area contributed by atoms with Crippen LogP contribution in [0.4, 0.5) is 30.5 Å². The third-order valence-corrected chi connectivity index (χ3v) is 3.55. The summed E-state index contributed by atoms with van der Waals surface area (Å²) >= 11 is 0. The monoisotopic (exact) mass is 359 g/mol. The van der Waals surface area contributed by atoms with Gasteiger partial charge in [-0.2, -0.15) is 13.2 Å². The van der Waals surface area contributed by atoms with Crippen LogP contribution in [-0.4, -0.2) is 15.0 Å². The molecule has 2 aromatic heterocycles. The van der Waals surface area contributed by atoms with Gasteiger partial charge in [0.2, 0.25) is 0 Å². The minimum absolute atomic E-state index is 0.495. The maximum atomic E-state index is 12.6. The largest absolute Gasteiger partial charge is 0.416 e. The molecule has 134 valence electrons. The number of anilines is 3. The van der Waals surface area contributed by atoms with E-state index in [2.05, 4.69) is 25.6 Å². The summed E-state index contributed by atoms with van der Waals surface area (Å²) in [4.78, 5) is 12.5. The maximum Gasteiger partial charge on any atom is 0.416 e. The second-order valence-corrected chi connectivity index (χ2v) is 5.59. The second-order valence-electron chi connectivity index (χ2n) is 5.59. The van der Waals surface area contributed by atoms with Gasteiger partial charge in [0.15, 0.2) is 0 Å². The van der Waals surface area contributed by atoms with Crippen molar-refractivity contribution in [2.45, 2.75) is 19.6 Å². The number of hydrogen-bond donors (Lipinski definition) is 2. The summed E-state index contributed by atoms with van der Waals surface area (Å²) in [5.41, 5.74) is 0.867. The summed E-state index contributed by atoms with van der Waals surface area (Å²) in [7, 11) is 0. The third kappa shape index (κ3) is 4.69. The van der Waals surface area contributed by atoms with Gasteiger partial charge in [-0.15, -0.1) is 0 Å². The van der Waals surface area contributed by atoms with Crippen LogP contribution in [0.25, 0.3) is 0 Å². The van der Waals surface area contributed by atoms with E-state index < -0.39 is 11.7 Å². The van der Waals surface area contributed by atoms with Crippen molar-refractivity contribution in [3.63, 3.8) is 0 Å². The molecule has 0 saturated heterocycles. The summed E-state index contributed by atoms with van der Waals surface area (Å²) in [6, 6.07) is 10.3. The van der Waals surface area contributed by atoms with Crippen LogP contribution in [0, 0.1) is 6.92 Å². The van der Waals surface area contributed by atoms with Crippen LogP contribution in [-0.2, 0) is 12.7 Å². The molecular weight excluding hydrogens is 343 g/mol. The Balaban J connectivity index is 1.71. The number of aryl methyl sites for hydroxylation is 1. The standard InChI is InChI=1S/C18H16F3N5/c1-12-24-16(23-11-13-6-8-22-9-7-13)10-17(25-12)26-15-4-2-14(3-5-15)18(19,20)21/h2-10H,11H2,1H3,(H2,23,24,25,26). The Kier molecular flexibility index (Phi) is 5.01. The van der Waals surface area contributed by atoms with Crippen LogP contribution in [0.15, 0.2) is 54.9 Å². The predicted molar refractivity (Wildman–Crippen MR) is 93.1 cm³/mol. The Labute approximate surface area is 148 Å². The fourth-order valence-corrected chi connectivity index (χ4v) is 2.31. The molecular formula is C18H16F3N5. The Hall–Kier alpha value is -3.16. The van der Waals surface area contributed by atoms with Gasteiger partial charge in [0.1, 0.15) is 17.5 Å². The molecule has 26 heavy (non-hydrogen) atoms. The fraction of sp³-hybridized carbons (Fsp3) is 0.167. The van der Waals surface area contributed by atoms with Crippen LogP contribution >= 0.6 is 0 Å². The van der Waals surface area contributed by atoms with E-state index in [1.165, 1.54) is 12.1 Å². The fourth-order valence-electron chi connectivity index (χ4n) is 2.31. The first-order valence-electron chi connectivity index (χ1n) is 7.83. The number of hydrogen-bond acceptors (Lipinski definition) is 5. The van der Waals surface area contributed by atoms with Crippen LogP contribution in [0.1, 0.15) is 17.0 Å². The van der Waals surface area contributed by atoms with Crippen molar-refractivity contribution in [2.75, 3.05) is 10.6 Å². The molecule has 8 heteroatoms. The van der Waals surface area contributed by atoms with Crippen molar-refractivity contribution in [1.82, 2.24) is 15.0 Å².